The van der Waals surface area contributed by atoms with Gasteiger partial charge in [-0.2, -0.15) is 0 Å². The van der Waals surface area contributed by atoms with E-state index in [0.29, 0.717) is 5.69 Å². The summed E-state index contributed by atoms with van der Waals surface area (Å²) in [5, 5.41) is 0. The maximum absolute atomic E-state index is 5.78. The van der Waals surface area contributed by atoms with Crippen molar-refractivity contribution in [2.24, 2.45) is 7.05 Å². The Bertz CT molecular complexity index is 871. The van der Waals surface area contributed by atoms with Crippen molar-refractivity contribution in [3.63, 3.8) is 0 Å². The van der Waals surface area contributed by atoms with Crippen LogP contribution in [0.4, 0.5) is 5.95 Å². The topological polar surface area (TPSA) is 82.5 Å². The van der Waals surface area contributed by atoms with E-state index in [-0.39, 0.29) is 5.95 Å². The van der Waals surface area contributed by atoms with Crippen molar-refractivity contribution >= 4 is 5.95 Å². The maximum Gasteiger partial charge on any atom is 0.220 e. The van der Waals surface area contributed by atoms with E-state index in [9.17, 15) is 0 Å². The SMILES string of the molecule is Cc1nc(N)nc(-c2cccnc2)c1C#Cc1cncn1C. The van der Waals surface area contributed by atoms with Gasteiger partial charge < -0.3 is 10.3 Å². The minimum atomic E-state index is 0.224. The van der Waals surface area contributed by atoms with Crippen molar-refractivity contribution in [1.29, 1.82) is 0 Å². The summed E-state index contributed by atoms with van der Waals surface area (Å²) in [6.45, 7) is 1.87. The van der Waals surface area contributed by atoms with Crippen LogP contribution in [0, 0.1) is 18.8 Å². The predicted octanol–water partition coefficient (Wildman–Crippen LogP) is 1.56. The van der Waals surface area contributed by atoms with Gasteiger partial charge in [0.1, 0.15) is 5.69 Å². The van der Waals surface area contributed by atoms with Crippen molar-refractivity contribution in [2.75, 3.05) is 5.73 Å². The van der Waals surface area contributed by atoms with E-state index in [1.54, 1.807) is 24.9 Å². The zero-order valence-electron chi connectivity index (χ0n) is 12.3. The van der Waals surface area contributed by atoms with Gasteiger partial charge in [-0.3, -0.25) is 4.98 Å². The summed E-state index contributed by atoms with van der Waals surface area (Å²) >= 11 is 0. The summed E-state index contributed by atoms with van der Waals surface area (Å²) in [6, 6.07) is 3.77. The van der Waals surface area contributed by atoms with E-state index in [1.807, 2.05) is 30.7 Å². The number of anilines is 1. The molecular weight excluding hydrogens is 276 g/mol. The summed E-state index contributed by atoms with van der Waals surface area (Å²) in [5.41, 5.74) is 9.61. The predicted molar refractivity (Wildman–Crippen MR) is 83.6 cm³/mol. The number of rotatable bonds is 1. The van der Waals surface area contributed by atoms with E-state index in [2.05, 4.69) is 31.8 Å². The highest BCUT2D eigenvalue weighted by molar-refractivity contribution is 5.69. The van der Waals surface area contributed by atoms with Crippen LogP contribution in [0.15, 0.2) is 37.1 Å². The number of aromatic nitrogens is 5. The van der Waals surface area contributed by atoms with Crippen LogP contribution < -0.4 is 5.73 Å². The minimum Gasteiger partial charge on any atom is -0.368 e. The van der Waals surface area contributed by atoms with Gasteiger partial charge in [0.25, 0.3) is 0 Å². The minimum absolute atomic E-state index is 0.224. The van der Waals surface area contributed by atoms with Gasteiger partial charge in [-0.1, -0.05) is 5.92 Å². The van der Waals surface area contributed by atoms with Gasteiger partial charge in [0.2, 0.25) is 5.95 Å². The molecule has 0 amide bonds. The first kappa shape index (κ1) is 13.8. The Balaban J connectivity index is 2.16. The molecule has 0 aliphatic heterocycles. The summed E-state index contributed by atoms with van der Waals surface area (Å²) < 4.78 is 1.85. The van der Waals surface area contributed by atoms with Crippen molar-refractivity contribution in [1.82, 2.24) is 24.5 Å². The first-order chi connectivity index (χ1) is 10.6. The molecule has 3 rings (SSSR count). The average Bonchev–Trinajstić information content (AvgIpc) is 2.92. The van der Waals surface area contributed by atoms with Gasteiger partial charge in [-0.25, -0.2) is 15.0 Å². The zero-order chi connectivity index (χ0) is 15.5. The third kappa shape index (κ3) is 2.65. The fourth-order valence-electron chi connectivity index (χ4n) is 2.06. The number of hydrogen-bond acceptors (Lipinski definition) is 5. The molecule has 0 saturated carbocycles. The van der Waals surface area contributed by atoms with E-state index in [0.717, 1.165) is 22.5 Å². The van der Waals surface area contributed by atoms with Crippen LogP contribution in [-0.2, 0) is 7.05 Å². The summed E-state index contributed by atoms with van der Waals surface area (Å²) in [5.74, 6) is 6.44. The second-order valence-corrected chi connectivity index (χ2v) is 4.77. The molecule has 0 bridgehead atoms. The van der Waals surface area contributed by atoms with Crippen LogP contribution in [0.2, 0.25) is 0 Å². The van der Waals surface area contributed by atoms with Gasteiger partial charge in [-0.15, -0.1) is 0 Å². The fourth-order valence-corrected chi connectivity index (χ4v) is 2.06. The quantitative estimate of drug-likeness (QED) is 0.688. The summed E-state index contributed by atoms with van der Waals surface area (Å²) in [7, 11) is 1.89. The Morgan fingerprint density at radius 2 is 2.00 bits per heavy atom. The molecule has 0 atom stereocenters. The Morgan fingerprint density at radius 1 is 1.14 bits per heavy atom. The van der Waals surface area contributed by atoms with E-state index in [1.165, 1.54) is 0 Å². The normalized spacial score (nSPS) is 10.1. The Morgan fingerprint density at radius 3 is 2.68 bits per heavy atom. The molecule has 2 N–H and O–H groups in total. The van der Waals surface area contributed by atoms with Crippen LogP contribution in [0.1, 0.15) is 17.0 Å². The number of hydrogen-bond donors (Lipinski definition) is 1. The summed E-state index contributed by atoms with van der Waals surface area (Å²) in [6.07, 6.45) is 6.86. The van der Waals surface area contributed by atoms with Gasteiger partial charge >= 0.3 is 0 Å². The van der Waals surface area contributed by atoms with Gasteiger partial charge in [0, 0.05) is 25.0 Å². The standard InChI is InChI=1S/C16H14N6/c1-11-14(6-5-13-9-19-10-22(13)2)15(21-16(17)20-11)12-4-3-7-18-8-12/h3-4,7-10H,1-2H3,(H2,17,20,21). The Labute approximate surface area is 128 Å². The molecule has 0 aliphatic rings. The van der Waals surface area contributed by atoms with Crippen molar-refractivity contribution in [3.8, 4) is 23.1 Å². The number of imidazole rings is 1. The highest BCUT2D eigenvalue weighted by Crippen LogP contribution is 2.22. The Kier molecular flexibility index (Phi) is 3.54. The van der Waals surface area contributed by atoms with Gasteiger partial charge in [-0.05, 0) is 25.0 Å². The van der Waals surface area contributed by atoms with Crippen LogP contribution in [0.5, 0.6) is 0 Å². The lowest BCUT2D eigenvalue weighted by atomic mass is 10.1. The molecule has 108 valence electrons. The van der Waals surface area contributed by atoms with Crippen molar-refractivity contribution < 1.29 is 0 Å². The largest absolute Gasteiger partial charge is 0.368 e. The van der Waals surface area contributed by atoms with Crippen LogP contribution in [0.25, 0.3) is 11.3 Å². The molecule has 0 fully saturated rings. The lowest BCUT2D eigenvalue weighted by Crippen LogP contribution is -2.03. The third-order valence-corrected chi connectivity index (χ3v) is 3.17. The molecule has 0 aliphatic carbocycles. The van der Waals surface area contributed by atoms with Crippen LogP contribution in [-0.4, -0.2) is 24.5 Å². The monoisotopic (exact) mass is 290 g/mol. The lowest BCUT2D eigenvalue weighted by molar-refractivity contribution is 0.899. The molecule has 6 heteroatoms. The zero-order valence-corrected chi connectivity index (χ0v) is 12.3. The molecule has 0 spiro atoms. The molecule has 0 unspecified atom stereocenters. The second kappa shape index (κ2) is 5.66. The molecule has 3 aromatic rings. The first-order valence-electron chi connectivity index (χ1n) is 6.68. The highest BCUT2D eigenvalue weighted by Gasteiger charge is 2.11. The molecule has 0 saturated heterocycles. The molecule has 6 nitrogen and oxygen atoms in total. The molecule has 22 heavy (non-hydrogen) atoms. The number of nitrogens with two attached hydrogens (primary N) is 1. The van der Waals surface area contributed by atoms with E-state index in [4.69, 9.17) is 5.73 Å². The van der Waals surface area contributed by atoms with Crippen molar-refractivity contribution in [2.45, 2.75) is 6.92 Å². The molecule has 0 aromatic carbocycles. The number of aryl methyl sites for hydroxylation is 2. The molecular formula is C16H14N6. The van der Waals surface area contributed by atoms with Crippen LogP contribution in [0.3, 0.4) is 0 Å². The van der Waals surface area contributed by atoms with E-state index < -0.39 is 0 Å². The fraction of sp³-hybridized carbons (Fsp3) is 0.125. The highest BCUT2D eigenvalue weighted by atomic mass is 15.0. The summed E-state index contributed by atoms with van der Waals surface area (Å²) in [4.78, 5) is 16.7. The third-order valence-electron chi connectivity index (χ3n) is 3.17. The first-order valence-corrected chi connectivity index (χ1v) is 6.68. The number of pyridine rings is 1. The average molecular weight is 290 g/mol. The van der Waals surface area contributed by atoms with Gasteiger partial charge in [0.15, 0.2) is 0 Å². The Hall–Kier alpha value is -3.20. The van der Waals surface area contributed by atoms with Gasteiger partial charge in [0.05, 0.1) is 29.5 Å². The maximum atomic E-state index is 5.78. The molecule has 3 aromatic heterocycles. The number of nitrogens with zero attached hydrogens (tertiary/aromatic N) is 5. The number of nitrogen functional groups attached to an aromatic ring is 1. The van der Waals surface area contributed by atoms with Crippen molar-refractivity contribution in [3.05, 3.63) is 54.0 Å². The van der Waals surface area contributed by atoms with E-state index >= 15 is 0 Å². The van der Waals surface area contributed by atoms with Crippen LogP contribution >= 0.6 is 0 Å². The smallest absolute Gasteiger partial charge is 0.220 e. The molecule has 0 radical (unpaired) electrons. The lowest BCUT2D eigenvalue weighted by Gasteiger charge is -2.07. The second-order valence-electron chi connectivity index (χ2n) is 4.77. The molecule has 3 heterocycles.